The minimum Gasteiger partial charge on any atom is -0.394 e. The van der Waals surface area contributed by atoms with Crippen LogP contribution in [0.5, 0.6) is 0 Å². The number of nitrogens with zero attached hydrogens (tertiary/aromatic N) is 1. The highest BCUT2D eigenvalue weighted by Crippen LogP contribution is 2.29. The molecule has 14 heavy (non-hydrogen) atoms. The molecule has 0 saturated carbocycles. The smallest absolute Gasteiger partial charge is 0.0802 e. The lowest BCUT2D eigenvalue weighted by atomic mass is 9.90. The summed E-state index contributed by atoms with van der Waals surface area (Å²) in [5.74, 6) is 0. The zero-order chi connectivity index (χ0) is 10.0. The maximum Gasteiger partial charge on any atom is 0.0802 e. The highest BCUT2D eigenvalue weighted by atomic mass is 16.5. The molecule has 4 heteroatoms. The summed E-state index contributed by atoms with van der Waals surface area (Å²) in [4.78, 5) is 2.38. The molecule has 82 valence electrons. The van der Waals surface area contributed by atoms with Gasteiger partial charge in [0.1, 0.15) is 0 Å². The standard InChI is InChI=1S/C10H20N2O2/c11-6-10(7-13)8-14-5-9-3-1-2-4-12(9)10/h9,13H,1-8,11H2. The zero-order valence-corrected chi connectivity index (χ0v) is 8.61. The molecule has 2 fully saturated rings. The van der Waals surface area contributed by atoms with Crippen LogP contribution in [-0.4, -0.2) is 54.5 Å². The number of ether oxygens (including phenoxy) is 1. The topological polar surface area (TPSA) is 58.7 Å². The molecule has 0 aromatic carbocycles. The largest absolute Gasteiger partial charge is 0.394 e. The van der Waals surface area contributed by atoms with Gasteiger partial charge in [0.25, 0.3) is 0 Å². The molecule has 0 amide bonds. The first-order valence-electron chi connectivity index (χ1n) is 5.48. The molecule has 2 saturated heterocycles. The lowest BCUT2D eigenvalue weighted by molar-refractivity contribution is -0.130. The second kappa shape index (κ2) is 4.14. The molecule has 0 bridgehead atoms. The van der Waals surface area contributed by atoms with Crippen LogP contribution in [0.3, 0.4) is 0 Å². The SMILES string of the molecule is NCC1(CO)COCC2CCCCN21. The van der Waals surface area contributed by atoms with E-state index < -0.39 is 0 Å². The second-order valence-corrected chi connectivity index (χ2v) is 4.44. The number of nitrogens with two attached hydrogens (primary N) is 1. The normalized spacial score (nSPS) is 39.4. The van der Waals surface area contributed by atoms with Gasteiger partial charge in [0.05, 0.1) is 25.4 Å². The Balaban J connectivity index is 2.14. The van der Waals surface area contributed by atoms with Crippen LogP contribution in [-0.2, 0) is 4.74 Å². The van der Waals surface area contributed by atoms with E-state index in [0.717, 1.165) is 13.2 Å². The predicted octanol–water partition coefficient (Wildman–Crippen LogP) is -0.439. The van der Waals surface area contributed by atoms with E-state index in [2.05, 4.69) is 4.90 Å². The maximum atomic E-state index is 9.48. The molecule has 2 atom stereocenters. The van der Waals surface area contributed by atoms with Crippen molar-refractivity contribution in [2.45, 2.75) is 30.8 Å². The van der Waals surface area contributed by atoms with Gasteiger partial charge in [0, 0.05) is 12.6 Å². The molecular formula is C10H20N2O2. The number of rotatable bonds is 2. The van der Waals surface area contributed by atoms with Gasteiger partial charge in [-0.2, -0.15) is 0 Å². The van der Waals surface area contributed by atoms with E-state index in [1.165, 1.54) is 19.3 Å². The van der Waals surface area contributed by atoms with Gasteiger partial charge in [-0.05, 0) is 19.4 Å². The summed E-state index contributed by atoms with van der Waals surface area (Å²) >= 11 is 0. The Morgan fingerprint density at radius 3 is 3.07 bits per heavy atom. The minimum absolute atomic E-state index is 0.111. The Morgan fingerprint density at radius 1 is 1.50 bits per heavy atom. The number of aliphatic hydroxyl groups excluding tert-OH is 1. The van der Waals surface area contributed by atoms with Crippen LogP contribution in [0.15, 0.2) is 0 Å². The van der Waals surface area contributed by atoms with Gasteiger partial charge in [0.2, 0.25) is 0 Å². The lowest BCUT2D eigenvalue weighted by Gasteiger charge is -2.51. The van der Waals surface area contributed by atoms with E-state index in [1.807, 2.05) is 0 Å². The monoisotopic (exact) mass is 200 g/mol. The molecule has 2 rings (SSSR count). The quantitative estimate of drug-likeness (QED) is 0.634. The molecule has 2 aliphatic heterocycles. The van der Waals surface area contributed by atoms with Crippen LogP contribution in [0.2, 0.25) is 0 Å². The van der Waals surface area contributed by atoms with Crippen molar-refractivity contribution in [3.05, 3.63) is 0 Å². The van der Waals surface area contributed by atoms with E-state index in [1.54, 1.807) is 0 Å². The number of piperidine rings is 1. The summed E-state index contributed by atoms with van der Waals surface area (Å²) in [5, 5.41) is 9.48. The Bertz CT molecular complexity index is 193. The lowest BCUT2D eigenvalue weighted by Crippen LogP contribution is -2.67. The van der Waals surface area contributed by atoms with Crippen molar-refractivity contribution >= 4 is 0 Å². The van der Waals surface area contributed by atoms with Gasteiger partial charge >= 0.3 is 0 Å². The molecule has 0 spiro atoms. The Kier molecular flexibility index (Phi) is 3.07. The summed E-state index contributed by atoms with van der Waals surface area (Å²) < 4.78 is 5.56. The fourth-order valence-electron chi connectivity index (χ4n) is 2.64. The summed E-state index contributed by atoms with van der Waals surface area (Å²) in [7, 11) is 0. The Labute approximate surface area is 85.0 Å². The fourth-order valence-corrected chi connectivity index (χ4v) is 2.64. The van der Waals surface area contributed by atoms with Gasteiger partial charge in [-0.15, -0.1) is 0 Å². The Morgan fingerprint density at radius 2 is 2.36 bits per heavy atom. The summed E-state index contributed by atoms with van der Waals surface area (Å²) in [6.45, 7) is 3.05. The van der Waals surface area contributed by atoms with Gasteiger partial charge in [0.15, 0.2) is 0 Å². The van der Waals surface area contributed by atoms with Crippen LogP contribution in [0.1, 0.15) is 19.3 Å². The molecule has 2 aliphatic rings. The van der Waals surface area contributed by atoms with E-state index in [4.69, 9.17) is 10.5 Å². The van der Waals surface area contributed by atoms with Crippen molar-refractivity contribution in [2.24, 2.45) is 5.73 Å². The van der Waals surface area contributed by atoms with Crippen molar-refractivity contribution in [3.63, 3.8) is 0 Å². The number of aliphatic hydroxyl groups is 1. The first-order valence-corrected chi connectivity index (χ1v) is 5.48. The van der Waals surface area contributed by atoms with Gasteiger partial charge < -0.3 is 15.6 Å². The third-order valence-corrected chi connectivity index (χ3v) is 3.59. The maximum absolute atomic E-state index is 9.48. The summed E-state index contributed by atoms with van der Waals surface area (Å²) in [5.41, 5.74) is 5.47. The first-order chi connectivity index (χ1) is 6.82. The second-order valence-electron chi connectivity index (χ2n) is 4.44. The summed E-state index contributed by atoms with van der Waals surface area (Å²) in [6.07, 6.45) is 3.68. The number of fused-ring (bicyclic) bond motifs is 1. The van der Waals surface area contributed by atoms with Crippen LogP contribution >= 0.6 is 0 Å². The van der Waals surface area contributed by atoms with Crippen molar-refractivity contribution in [3.8, 4) is 0 Å². The van der Waals surface area contributed by atoms with E-state index in [0.29, 0.717) is 19.2 Å². The average molecular weight is 200 g/mol. The van der Waals surface area contributed by atoms with Crippen LogP contribution in [0.4, 0.5) is 0 Å². The predicted molar refractivity (Wildman–Crippen MR) is 54.0 cm³/mol. The van der Waals surface area contributed by atoms with Crippen molar-refractivity contribution < 1.29 is 9.84 Å². The fraction of sp³-hybridized carbons (Fsp3) is 1.00. The van der Waals surface area contributed by atoms with E-state index in [-0.39, 0.29) is 12.1 Å². The molecule has 0 aromatic heterocycles. The van der Waals surface area contributed by atoms with Crippen LogP contribution < -0.4 is 5.73 Å². The van der Waals surface area contributed by atoms with Crippen molar-refractivity contribution in [1.82, 2.24) is 4.90 Å². The van der Waals surface area contributed by atoms with Gasteiger partial charge in [-0.25, -0.2) is 0 Å². The average Bonchev–Trinajstić information content (AvgIpc) is 2.28. The van der Waals surface area contributed by atoms with Crippen molar-refractivity contribution in [1.29, 1.82) is 0 Å². The molecule has 4 nitrogen and oxygen atoms in total. The van der Waals surface area contributed by atoms with Crippen LogP contribution in [0, 0.1) is 0 Å². The molecule has 2 unspecified atom stereocenters. The number of morpholine rings is 1. The highest BCUT2D eigenvalue weighted by molar-refractivity contribution is 4.98. The number of hydrogen-bond acceptors (Lipinski definition) is 4. The molecule has 2 heterocycles. The highest BCUT2D eigenvalue weighted by Gasteiger charge is 2.43. The van der Waals surface area contributed by atoms with Gasteiger partial charge in [-0.1, -0.05) is 6.42 Å². The molecule has 3 N–H and O–H groups in total. The summed E-state index contributed by atoms with van der Waals surface area (Å²) in [6, 6.07) is 0.480. The third kappa shape index (κ3) is 1.56. The molecule has 0 aromatic rings. The third-order valence-electron chi connectivity index (χ3n) is 3.59. The molecule has 0 aliphatic carbocycles. The molecular weight excluding hydrogens is 180 g/mol. The zero-order valence-electron chi connectivity index (χ0n) is 8.61. The van der Waals surface area contributed by atoms with Gasteiger partial charge in [-0.3, -0.25) is 4.90 Å². The number of hydrogen-bond donors (Lipinski definition) is 2. The van der Waals surface area contributed by atoms with E-state index in [9.17, 15) is 5.11 Å². The van der Waals surface area contributed by atoms with Crippen LogP contribution in [0.25, 0.3) is 0 Å². The van der Waals surface area contributed by atoms with Crippen molar-refractivity contribution in [2.75, 3.05) is 32.9 Å². The van der Waals surface area contributed by atoms with E-state index >= 15 is 0 Å². The minimum atomic E-state index is -0.302. The Hall–Kier alpha value is -0.160. The first kappa shape index (κ1) is 10.4. The molecule has 0 radical (unpaired) electrons.